The Morgan fingerprint density at radius 2 is 1.62 bits per heavy atom. The fourth-order valence-electron chi connectivity index (χ4n) is 2.42. The van der Waals surface area contributed by atoms with Crippen LogP contribution < -0.4 is 5.32 Å². The van der Waals surface area contributed by atoms with Crippen molar-refractivity contribution in [2.75, 3.05) is 5.32 Å². The SMILES string of the molecule is Cc1nn(C)cc1NCc1ccc(-c2ccccc2)cc1. The third kappa shape index (κ3) is 3.14. The normalized spacial score (nSPS) is 10.6. The molecular weight excluding hydrogens is 258 g/mol. The lowest BCUT2D eigenvalue weighted by Crippen LogP contribution is -1.99. The fraction of sp³-hybridized carbons (Fsp3) is 0.167. The molecule has 0 bridgehead atoms. The maximum Gasteiger partial charge on any atom is 0.0825 e. The fourth-order valence-corrected chi connectivity index (χ4v) is 2.42. The van der Waals surface area contributed by atoms with Gasteiger partial charge in [-0.05, 0) is 23.6 Å². The number of aromatic nitrogens is 2. The molecule has 0 aliphatic rings. The molecule has 3 heteroatoms. The van der Waals surface area contributed by atoms with Crippen LogP contribution in [0, 0.1) is 6.92 Å². The van der Waals surface area contributed by atoms with Gasteiger partial charge in [-0.15, -0.1) is 0 Å². The number of rotatable bonds is 4. The van der Waals surface area contributed by atoms with Crippen LogP contribution in [0.25, 0.3) is 11.1 Å². The highest BCUT2D eigenvalue weighted by molar-refractivity contribution is 5.63. The van der Waals surface area contributed by atoms with Crippen LogP contribution in [-0.4, -0.2) is 9.78 Å². The molecule has 0 fully saturated rings. The minimum atomic E-state index is 0.807. The summed E-state index contributed by atoms with van der Waals surface area (Å²) in [7, 11) is 1.94. The summed E-state index contributed by atoms with van der Waals surface area (Å²) in [5, 5.41) is 7.76. The molecule has 0 aliphatic carbocycles. The van der Waals surface area contributed by atoms with Crippen LogP contribution >= 0.6 is 0 Å². The van der Waals surface area contributed by atoms with E-state index >= 15 is 0 Å². The smallest absolute Gasteiger partial charge is 0.0825 e. The second-order valence-corrected chi connectivity index (χ2v) is 5.22. The van der Waals surface area contributed by atoms with Crippen molar-refractivity contribution in [3.8, 4) is 11.1 Å². The molecule has 3 rings (SSSR count). The number of hydrogen-bond acceptors (Lipinski definition) is 2. The van der Waals surface area contributed by atoms with Crippen LogP contribution in [0.15, 0.2) is 60.8 Å². The van der Waals surface area contributed by atoms with Gasteiger partial charge in [-0.2, -0.15) is 5.10 Å². The second-order valence-electron chi connectivity index (χ2n) is 5.22. The predicted octanol–water partition coefficient (Wildman–Crippen LogP) is 4.01. The zero-order valence-electron chi connectivity index (χ0n) is 12.4. The van der Waals surface area contributed by atoms with Crippen LogP contribution in [0.3, 0.4) is 0 Å². The van der Waals surface area contributed by atoms with Crippen molar-refractivity contribution in [3.05, 3.63) is 72.1 Å². The minimum Gasteiger partial charge on any atom is -0.378 e. The average molecular weight is 277 g/mol. The summed E-state index contributed by atoms with van der Waals surface area (Å²) in [6.07, 6.45) is 2.01. The van der Waals surface area contributed by atoms with Gasteiger partial charge in [-0.1, -0.05) is 54.6 Å². The molecule has 0 radical (unpaired) electrons. The van der Waals surface area contributed by atoms with E-state index in [1.165, 1.54) is 16.7 Å². The summed E-state index contributed by atoms with van der Waals surface area (Å²) in [4.78, 5) is 0. The lowest BCUT2D eigenvalue weighted by atomic mass is 10.0. The van der Waals surface area contributed by atoms with Crippen LogP contribution in [0.5, 0.6) is 0 Å². The van der Waals surface area contributed by atoms with E-state index in [2.05, 4.69) is 58.9 Å². The molecule has 0 atom stereocenters. The maximum atomic E-state index is 4.33. The molecule has 1 N–H and O–H groups in total. The highest BCUT2D eigenvalue weighted by atomic mass is 15.3. The van der Waals surface area contributed by atoms with Gasteiger partial charge < -0.3 is 5.32 Å². The third-order valence-corrected chi connectivity index (χ3v) is 3.56. The molecular formula is C18H19N3. The van der Waals surface area contributed by atoms with Gasteiger partial charge in [0.25, 0.3) is 0 Å². The Kier molecular flexibility index (Phi) is 3.73. The first-order valence-electron chi connectivity index (χ1n) is 7.11. The summed E-state index contributed by atoms with van der Waals surface area (Å²) in [5.74, 6) is 0. The Hall–Kier alpha value is -2.55. The topological polar surface area (TPSA) is 29.9 Å². The van der Waals surface area contributed by atoms with E-state index in [1.807, 2.05) is 30.9 Å². The van der Waals surface area contributed by atoms with Crippen molar-refractivity contribution in [1.29, 1.82) is 0 Å². The molecule has 0 spiro atoms. The molecule has 3 aromatic rings. The summed E-state index contributed by atoms with van der Waals surface area (Å²) < 4.78 is 1.83. The third-order valence-electron chi connectivity index (χ3n) is 3.56. The van der Waals surface area contributed by atoms with Crippen molar-refractivity contribution in [2.24, 2.45) is 7.05 Å². The van der Waals surface area contributed by atoms with Gasteiger partial charge >= 0.3 is 0 Å². The van der Waals surface area contributed by atoms with Gasteiger partial charge in [-0.3, -0.25) is 4.68 Å². The van der Waals surface area contributed by atoms with E-state index in [-0.39, 0.29) is 0 Å². The van der Waals surface area contributed by atoms with Gasteiger partial charge in [0, 0.05) is 19.8 Å². The molecule has 2 aromatic carbocycles. The molecule has 0 amide bonds. The van der Waals surface area contributed by atoms with Gasteiger partial charge in [0.2, 0.25) is 0 Å². The Morgan fingerprint density at radius 1 is 0.952 bits per heavy atom. The molecule has 106 valence electrons. The monoisotopic (exact) mass is 277 g/mol. The number of nitrogens with one attached hydrogen (secondary N) is 1. The van der Waals surface area contributed by atoms with Crippen molar-refractivity contribution < 1.29 is 0 Å². The quantitative estimate of drug-likeness (QED) is 0.781. The predicted molar refractivity (Wildman–Crippen MR) is 87.1 cm³/mol. The zero-order chi connectivity index (χ0) is 14.7. The molecule has 1 aromatic heterocycles. The lowest BCUT2D eigenvalue weighted by molar-refractivity contribution is 0.756. The Balaban J connectivity index is 1.69. The van der Waals surface area contributed by atoms with Crippen LogP contribution in [-0.2, 0) is 13.6 Å². The van der Waals surface area contributed by atoms with E-state index in [4.69, 9.17) is 0 Å². The number of hydrogen-bond donors (Lipinski definition) is 1. The molecule has 1 heterocycles. The van der Waals surface area contributed by atoms with E-state index in [9.17, 15) is 0 Å². The molecule has 0 saturated heterocycles. The summed E-state index contributed by atoms with van der Waals surface area (Å²) >= 11 is 0. The van der Waals surface area contributed by atoms with Gasteiger partial charge in [0.1, 0.15) is 0 Å². The van der Waals surface area contributed by atoms with Gasteiger partial charge in [-0.25, -0.2) is 0 Å². The molecule has 0 saturated carbocycles. The van der Waals surface area contributed by atoms with E-state index in [1.54, 1.807) is 0 Å². The standard InChI is InChI=1S/C18H19N3/c1-14-18(13-21(2)20-14)19-12-15-8-10-17(11-9-15)16-6-4-3-5-7-16/h3-11,13,19H,12H2,1-2H3. The minimum absolute atomic E-state index is 0.807. The number of nitrogens with zero attached hydrogens (tertiary/aromatic N) is 2. The van der Waals surface area contributed by atoms with E-state index in [0.29, 0.717) is 0 Å². The van der Waals surface area contributed by atoms with Crippen LogP contribution in [0.4, 0.5) is 5.69 Å². The molecule has 0 aliphatic heterocycles. The number of aryl methyl sites for hydroxylation is 2. The van der Waals surface area contributed by atoms with Crippen molar-refractivity contribution in [3.63, 3.8) is 0 Å². The van der Waals surface area contributed by atoms with Crippen LogP contribution in [0.2, 0.25) is 0 Å². The highest BCUT2D eigenvalue weighted by Gasteiger charge is 2.02. The zero-order valence-corrected chi connectivity index (χ0v) is 12.4. The summed E-state index contributed by atoms with van der Waals surface area (Å²) in [6.45, 7) is 2.82. The summed E-state index contributed by atoms with van der Waals surface area (Å²) in [6, 6.07) is 19.1. The average Bonchev–Trinajstić information content (AvgIpc) is 2.84. The second kappa shape index (κ2) is 5.83. The van der Waals surface area contributed by atoms with Gasteiger partial charge in [0.15, 0.2) is 0 Å². The van der Waals surface area contributed by atoms with E-state index < -0.39 is 0 Å². The summed E-state index contributed by atoms with van der Waals surface area (Å²) in [5.41, 5.74) is 5.87. The first kappa shape index (κ1) is 13.4. The Labute approximate surface area is 125 Å². The largest absolute Gasteiger partial charge is 0.378 e. The van der Waals surface area contributed by atoms with Gasteiger partial charge in [0.05, 0.1) is 11.4 Å². The van der Waals surface area contributed by atoms with E-state index in [0.717, 1.165) is 17.9 Å². The number of anilines is 1. The molecule has 0 unspecified atom stereocenters. The van der Waals surface area contributed by atoms with Crippen molar-refractivity contribution in [2.45, 2.75) is 13.5 Å². The number of benzene rings is 2. The Morgan fingerprint density at radius 3 is 2.24 bits per heavy atom. The maximum absolute atomic E-state index is 4.33. The van der Waals surface area contributed by atoms with Crippen LogP contribution in [0.1, 0.15) is 11.3 Å². The first-order chi connectivity index (χ1) is 10.2. The van der Waals surface area contributed by atoms with Crippen molar-refractivity contribution >= 4 is 5.69 Å². The Bertz CT molecular complexity index is 712. The molecule has 21 heavy (non-hydrogen) atoms. The van der Waals surface area contributed by atoms with Crippen molar-refractivity contribution in [1.82, 2.24) is 9.78 Å². The highest BCUT2D eigenvalue weighted by Crippen LogP contribution is 2.20. The molecule has 3 nitrogen and oxygen atoms in total. The lowest BCUT2D eigenvalue weighted by Gasteiger charge is -2.07. The first-order valence-corrected chi connectivity index (χ1v) is 7.11.